The van der Waals surface area contributed by atoms with Crippen LogP contribution < -0.4 is 20.7 Å². The first-order valence-electron chi connectivity index (χ1n) is 7.57. The van der Waals surface area contributed by atoms with Gasteiger partial charge in [0.1, 0.15) is 5.75 Å². The van der Waals surface area contributed by atoms with E-state index in [2.05, 4.69) is 16.0 Å². The van der Waals surface area contributed by atoms with Gasteiger partial charge in [-0.15, -0.1) is 11.3 Å². The van der Waals surface area contributed by atoms with Crippen molar-refractivity contribution in [1.29, 1.82) is 0 Å². The van der Waals surface area contributed by atoms with Gasteiger partial charge >= 0.3 is 0 Å². The Labute approximate surface area is 149 Å². The van der Waals surface area contributed by atoms with Gasteiger partial charge in [0.15, 0.2) is 0 Å². The number of hydrogen-bond acceptors (Lipinski definition) is 5. The molecule has 3 N–H and O–H groups in total. The summed E-state index contributed by atoms with van der Waals surface area (Å²) in [4.78, 5) is 35.7. The molecule has 0 aliphatic carbocycles. The molecule has 0 aliphatic rings. The van der Waals surface area contributed by atoms with Crippen LogP contribution in [0.4, 0.5) is 0 Å². The van der Waals surface area contributed by atoms with Crippen LogP contribution in [-0.4, -0.2) is 37.9 Å². The molecular weight excluding hydrogens is 342 g/mol. The van der Waals surface area contributed by atoms with Crippen molar-refractivity contribution in [3.63, 3.8) is 0 Å². The summed E-state index contributed by atoms with van der Waals surface area (Å²) in [6.07, 6.45) is 0. The van der Waals surface area contributed by atoms with Crippen molar-refractivity contribution in [3.8, 4) is 5.75 Å². The van der Waals surface area contributed by atoms with Crippen molar-refractivity contribution >= 4 is 29.1 Å². The minimum atomic E-state index is -0.433. The predicted molar refractivity (Wildman–Crippen MR) is 94.5 cm³/mol. The minimum absolute atomic E-state index is 0.164. The second-order valence-corrected chi connectivity index (χ2v) is 5.97. The van der Waals surface area contributed by atoms with E-state index in [4.69, 9.17) is 4.74 Å². The van der Waals surface area contributed by atoms with Crippen molar-refractivity contribution < 1.29 is 19.1 Å². The summed E-state index contributed by atoms with van der Waals surface area (Å²) >= 11 is 1.29. The molecule has 0 fully saturated rings. The van der Waals surface area contributed by atoms with Gasteiger partial charge in [-0.3, -0.25) is 14.4 Å². The summed E-state index contributed by atoms with van der Waals surface area (Å²) < 4.78 is 5.20. The molecule has 7 nitrogen and oxygen atoms in total. The van der Waals surface area contributed by atoms with Crippen LogP contribution in [0.25, 0.3) is 0 Å². The van der Waals surface area contributed by atoms with Gasteiger partial charge in [-0.05, 0) is 17.5 Å². The molecule has 0 aliphatic heterocycles. The third-order valence-corrected chi connectivity index (χ3v) is 4.14. The minimum Gasteiger partial charge on any atom is -0.496 e. The standard InChI is InChI=1S/C17H19N3O4S/c1-24-13-6-3-2-5-12(13)9-18-15(21)10-19-16(22)11-20-17(23)14-7-4-8-25-14/h2-8H,9-11H2,1H3,(H,18,21)(H,19,22)(H,20,23). The van der Waals surface area contributed by atoms with Crippen LogP contribution >= 0.6 is 11.3 Å². The van der Waals surface area contributed by atoms with E-state index in [1.807, 2.05) is 18.2 Å². The van der Waals surface area contributed by atoms with Crippen LogP contribution in [0.2, 0.25) is 0 Å². The molecule has 0 unspecified atom stereocenters. The second kappa shape index (κ2) is 9.43. The van der Waals surface area contributed by atoms with Crippen LogP contribution in [0, 0.1) is 0 Å². The first-order valence-corrected chi connectivity index (χ1v) is 8.45. The fraction of sp³-hybridized carbons (Fsp3) is 0.235. The maximum absolute atomic E-state index is 11.8. The summed E-state index contributed by atoms with van der Waals surface area (Å²) in [6, 6.07) is 10.8. The maximum Gasteiger partial charge on any atom is 0.261 e. The highest BCUT2D eigenvalue weighted by molar-refractivity contribution is 7.12. The number of methoxy groups -OCH3 is 1. The fourth-order valence-electron chi connectivity index (χ4n) is 2.00. The van der Waals surface area contributed by atoms with E-state index in [1.54, 1.807) is 30.7 Å². The van der Waals surface area contributed by atoms with Crippen LogP contribution in [0.15, 0.2) is 41.8 Å². The largest absolute Gasteiger partial charge is 0.496 e. The van der Waals surface area contributed by atoms with Gasteiger partial charge in [-0.1, -0.05) is 24.3 Å². The van der Waals surface area contributed by atoms with Crippen molar-refractivity contribution in [2.45, 2.75) is 6.54 Å². The van der Waals surface area contributed by atoms with Crippen LogP contribution in [0.5, 0.6) is 5.75 Å². The Balaban J connectivity index is 1.67. The van der Waals surface area contributed by atoms with E-state index < -0.39 is 5.91 Å². The number of carbonyl (C=O) groups excluding carboxylic acids is 3. The lowest BCUT2D eigenvalue weighted by atomic mass is 10.2. The summed E-state index contributed by atoms with van der Waals surface area (Å²) in [6.45, 7) is -0.0484. The summed E-state index contributed by atoms with van der Waals surface area (Å²) in [7, 11) is 1.56. The Kier molecular flexibility index (Phi) is 6.97. The molecule has 0 radical (unpaired) electrons. The quantitative estimate of drug-likeness (QED) is 0.651. The lowest BCUT2D eigenvalue weighted by Gasteiger charge is -2.10. The zero-order chi connectivity index (χ0) is 18.1. The molecule has 0 atom stereocenters. The van der Waals surface area contributed by atoms with Gasteiger partial charge in [-0.2, -0.15) is 0 Å². The highest BCUT2D eigenvalue weighted by Gasteiger charge is 2.10. The molecule has 0 saturated heterocycles. The monoisotopic (exact) mass is 361 g/mol. The number of amides is 3. The molecular formula is C17H19N3O4S. The lowest BCUT2D eigenvalue weighted by molar-refractivity contribution is -0.125. The maximum atomic E-state index is 11.8. The van der Waals surface area contributed by atoms with Gasteiger partial charge in [-0.25, -0.2) is 0 Å². The van der Waals surface area contributed by atoms with Crippen molar-refractivity contribution in [1.82, 2.24) is 16.0 Å². The van der Waals surface area contributed by atoms with Crippen molar-refractivity contribution in [2.24, 2.45) is 0 Å². The van der Waals surface area contributed by atoms with Crippen molar-refractivity contribution in [2.75, 3.05) is 20.2 Å². The first-order chi connectivity index (χ1) is 12.1. The first kappa shape index (κ1) is 18.5. The van der Waals surface area contributed by atoms with E-state index in [-0.39, 0.29) is 24.9 Å². The van der Waals surface area contributed by atoms with Gasteiger partial charge in [0.2, 0.25) is 11.8 Å². The molecule has 0 saturated carbocycles. The number of thiophene rings is 1. The third-order valence-electron chi connectivity index (χ3n) is 3.27. The second-order valence-electron chi connectivity index (χ2n) is 5.03. The topological polar surface area (TPSA) is 96.5 Å². The van der Waals surface area contributed by atoms with Crippen LogP contribution in [0.3, 0.4) is 0 Å². The number of rotatable bonds is 8. The highest BCUT2D eigenvalue weighted by atomic mass is 32.1. The summed E-state index contributed by atoms with van der Waals surface area (Å²) in [5, 5.41) is 9.42. The van der Waals surface area contributed by atoms with Crippen molar-refractivity contribution in [3.05, 3.63) is 52.2 Å². The molecule has 2 rings (SSSR count). The molecule has 1 aromatic carbocycles. The average Bonchev–Trinajstić information content (AvgIpc) is 3.17. The Morgan fingerprint density at radius 1 is 0.960 bits per heavy atom. The Bertz CT molecular complexity index is 731. The number of carbonyl (C=O) groups is 3. The van der Waals surface area contributed by atoms with Crippen LogP contribution in [0.1, 0.15) is 15.2 Å². The molecule has 25 heavy (non-hydrogen) atoms. The molecule has 3 amide bonds. The Hall–Kier alpha value is -2.87. The summed E-state index contributed by atoms with van der Waals surface area (Å²) in [5.74, 6) is -0.393. The normalized spacial score (nSPS) is 9.96. The van der Waals surface area contributed by atoms with E-state index in [0.29, 0.717) is 17.2 Å². The molecule has 1 heterocycles. The van der Waals surface area contributed by atoms with Crippen LogP contribution in [-0.2, 0) is 16.1 Å². The number of ether oxygens (including phenoxy) is 1. The van der Waals surface area contributed by atoms with Gasteiger partial charge < -0.3 is 20.7 Å². The number of hydrogen-bond donors (Lipinski definition) is 3. The zero-order valence-corrected chi connectivity index (χ0v) is 14.5. The molecule has 2 aromatic rings. The van der Waals surface area contributed by atoms with E-state index in [1.165, 1.54) is 11.3 Å². The van der Waals surface area contributed by atoms with E-state index >= 15 is 0 Å². The molecule has 8 heteroatoms. The molecule has 132 valence electrons. The number of para-hydroxylation sites is 1. The zero-order valence-electron chi connectivity index (χ0n) is 13.7. The third kappa shape index (κ3) is 5.92. The number of benzene rings is 1. The van der Waals surface area contributed by atoms with E-state index in [9.17, 15) is 14.4 Å². The van der Waals surface area contributed by atoms with Gasteiger partial charge in [0, 0.05) is 12.1 Å². The Morgan fingerprint density at radius 2 is 1.68 bits per heavy atom. The fourth-order valence-corrected chi connectivity index (χ4v) is 2.64. The van der Waals surface area contributed by atoms with E-state index in [0.717, 1.165) is 5.56 Å². The smallest absolute Gasteiger partial charge is 0.261 e. The van der Waals surface area contributed by atoms with Gasteiger partial charge in [0.25, 0.3) is 5.91 Å². The Morgan fingerprint density at radius 3 is 2.40 bits per heavy atom. The number of nitrogens with one attached hydrogen (secondary N) is 3. The SMILES string of the molecule is COc1ccccc1CNC(=O)CNC(=O)CNC(=O)c1cccs1. The molecule has 1 aromatic heterocycles. The molecule has 0 spiro atoms. The lowest BCUT2D eigenvalue weighted by Crippen LogP contribution is -2.41. The summed E-state index contributed by atoms with van der Waals surface area (Å²) in [5.41, 5.74) is 0.841. The predicted octanol–water partition coefficient (Wildman–Crippen LogP) is 0.919. The van der Waals surface area contributed by atoms with Gasteiger partial charge in [0.05, 0.1) is 25.1 Å². The highest BCUT2D eigenvalue weighted by Crippen LogP contribution is 2.16. The average molecular weight is 361 g/mol. The molecule has 0 bridgehead atoms.